The third kappa shape index (κ3) is 4.97. The topological polar surface area (TPSA) is 63.5 Å². The van der Waals surface area contributed by atoms with Gasteiger partial charge in [-0.1, -0.05) is 79.8 Å². The summed E-state index contributed by atoms with van der Waals surface area (Å²) in [6.45, 7) is 7.04. The normalized spacial score (nSPS) is 33.9. The van der Waals surface area contributed by atoms with Gasteiger partial charge in [0.05, 0.1) is 48.7 Å². The van der Waals surface area contributed by atoms with E-state index in [0.29, 0.717) is 31.0 Å². The highest BCUT2D eigenvalue weighted by Crippen LogP contribution is 2.48. The molecule has 0 radical (unpaired) electrons. The molecular weight excluding hydrogens is 432 g/mol. The summed E-state index contributed by atoms with van der Waals surface area (Å²) in [6.07, 6.45) is 0.498. The summed E-state index contributed by atoms with van der Waals surface area (Å²) in [7, 11) is 0. The molecule has 0 bridgehead atoms. The SMILES string of the molecule is C[C@H]1O[C@@H]([C@@]2(C)CC(=S)NC2(C)C#N)[C@H](OCc2ccccc2)C[C@H]1OCc1ccccc1. The molecule has 4 rings (SSSR count). The highest BCUT2D eigenvalue weighted by atomic mass is 32.1. The minimum absolute atomic E-state index is 0.111. The Morgan fingerprint density at radius 3 is 2.09 bits per heavy atom. The van der Waals surface area contributed by atoms with Gasteiger partial charge in [0.1, 0.15) is 5.54 Å². The maximum absolute atomic E-state index is 10.0. The molecule has 2 fully saturated rings. The van der Waals surface area contributed by atoms with Crippen LogP contribution >= 0.6 is 12.2 Å². The molecule has 0 saturated carbocycles. The average molecular weight is 465 g/mol. The van der Waals surface area contributed by atoms with Crippen molar-refractivity contribution in [2.75, 3.05) is 0 Å². The molecule has 0 aliphatic carbocycles. The van der Waals surface area contributed by atoms with Crippen LogP contribution in [0.3, 0.4) is 0 Å². The van der Waals surface area contributed by atoms with Crippen LogP contribution in [0.5, 0.6) is 0 Å². The molecule has 33 heavy (non-hydrogen) atoms. The second-order valence-corrected chi connectivity index (χ2v) is 10.0. The van der Waals surface area contributed by atoms with Crippen LogP contribution in [0.25, 0.3) is 0 Å². The largest absolute Gasteiger partial charge is 0.371 e. The number of ether oxygens (including phenoxy) is 3. The van der Waals surface area contributed by atoms with Crippen molar-refractivity contribution in [3.63, 3.8) is 0 Å². The summed E-state index contributed by atoms with van der Waals surface area (Å²) in [5.41, 5.74) is 0.868. The molecule has 174 valence electrons. The van der Waals surface area contributed by atoms with Crippen LogP contribution in [0.15, 0.2) is 60.7 Å². The Morgan fingerprint density at radius 1 is 1.00 bits per heavy atom. The Labute approximate surface area is 202 Å². The second-order valence-electron chi connectivity index (χ2n) is 9.55. The number of hydrogen-bond donors (Lipinski definition) is 1. The molecule has 2 heterocycles. The highest BCUT2D eigenvalue weighted by Gasteiger charge is 2.60. The smallest absolute Gasteiger partial charge is 0.131 e. The number of nitriles is 1. The maximum Gasteiger partial charge on any atom is 0.131 e. The predicted molar refractivity (Wildman–Crippen MR) is 131 cm³/mol. The van der Waals surface area contributed by atoms with Crippen molar-refractivity contribution in [2.45, 2.75) is 76.8 Å². The fourth-order valence-electron chi connectivity index (χ4n) is 4.94. The maximum atomic E-state index is 10.0. The van der Waals surface area contributed by atoms with E-state index >= 15 is 0 Å². The lowest BCUT2D eigenvalue weighted by molar-refractivity contribution is -0.230. The highest BCUT2D eigenvalue weighted by molar-refractivity contribution is 7.80. The first-order valence-electron chi connectivity index (χ1n) is 11.5. The van der Waals surface area contributed by atoms with Crippen molar-refractivity contribution in [3.05, 3.63) is 71.8 Å². The van der Waals surface area contributed by atoms with Gasteiger partial charge in [-0.15, -0.1) is 0 Å². The summed E-state index contributed by atoms with van der Waals surface area (Å²) in [5.74, 6) is 0. The van der Waals surface area contributed by atoms with E-state index in [1.807, 2.05) is 50.2 Å². The fourth-order valence-corrected chi connectivity index (χ4v) is 5.45. The molecule has 5 nitrogen and oxygen atoms in total. The zero-order valence-corrected chi connectivity index (χ0v) is 20.3. The summed E-state index contributed by atoms with van der Waals surface area (Å²) in [6, 6.07) is 22.7. The van der Waals surface area contributed by atoms with Crippen LogP contribution < -0.4 is 5.32 Å². The van der Waals surface area contributed by atoms with Crippen molar-refractivity contribution >= 4 is 17.2 Å². The van der Waals surface area contributed by atoms with Crippen LogP contribution in [-0.2, 0) is 27.4 Å². The lowest BCUT2D eigenvalue weighted by atomic mass is 9.66. The Morgan fingerprint density at radius 2 is 1.55 bits per heavy atom. The number of benzene rings is 2. The number of nitrogens with zero attached hydrogens (tertiary/aromatic N) is 1. The molecule has 2 aliphatic rings. The van der Waals surface area contributed by atoms with Crippen LogP contribution in [0.2, 0.25) is 0 Å². The monoisotopic (exact) mass is 464 g/mol. The first-order valence-corrected chi connectivity index (χ1v) is 11.9. The van der Waals surface area contributed by atoms with Gasteiger partial charge in [-0.2, -0.15) is 5.26 Å². The number of thiocarbonyl (C=S) groups is 1. The van der Waals surface area contributed by atoms with E-state index in [-0.39, 0.29) is 24.4 Å². The first-order chi connectivity index (χ1) is 15.8. The van der Waals surface area contributed by atoms with E-state index in [2.05, 4.69) is 42.6 Å². The van der Waals surface area contributed by atoms with Gasteiger partial charge in [0.15, 0.2) is 0 Å². The lowest BCUT2D eigenvalue weighted by Crippen LogP contribution is -2.61. The molecule has 0 aromatic heterocycles. The zero-order valence-electron chi connectivity index (χ0n) is 19.5. The fraction of sp³-hybridized carbons (Fsp3) is 0.481. The molecule has 2 saturated heterocycles. The van der Waals surface area contributed by atoms with Crippen molar-refractivity contribution < 1.29 is 14.2 Å². The standard InChI is InChI=1S/C27H32N2O3S/c1-19-22(30-16-20-10-6-4-7-11-20)14-23(31-17-21-12-8-5-9-13-21)25(32-19)26(2)15-24(33)29-27(26,3)18-28/h4-13,19,22-23,25H,14-17H2,1-3H3,(H,29,33)/t19-,22-,23-,25-,26-,27?/m1/s1. The van der Waals surface area contributed by atoms with Crippen LogP contribution in [0, 0.1) is 16.7 Å². The molecule has 2 aromatic carbocycles. The van der Waals surface area contributed by atoms with E-state index in [1.165, 1.54) is 0 Å². The summed E-state index contributed by atoms with van der Waals surface area (Å²) < 4.78 is 19.4. The van der Waals surface area contributed by atoms with Gasteiger partial charge in [0.2, 0.25) is 0 Å². The lowest BCUT2D eigenvalue weighted by Gasteiger charge is -2.49. The Kier molecular flexibility index (Phi) is 7.16. The van der Waals surface area contributed by atoms with Crippen molar-refractivity contribution in [3.8, 4) is 6.07 Å². The number of rotatable bonds is 7. The minimum Gasteiger partial charge on any atom is -0.371 e. The van der Waals surface area contributed by atoms with E-state index in [4.69, 9.17) is 26.4 Å². The van der Waals surface area contributed by atoms with E-state index in [1.54, 1.807) is 0 Å². The molecule has 1 N–H and O–H groups in total. The third-order valence-corrected chi connectivity index (χ3v) is 7.46. The summed E-state index contributed by atoms with van der Waals surface area (Å²) in [4.78, 5) is 0.696. The first kappa shape index (κ1) is 23.8. The summed E-state index contributed by atoms with van der Waals surface area (Å²) in [5, 5.41) is 13.3. The van der Waals surface area contributed by atoms with Crippen molar-refractivity contribution in [1.82, 2.24) is 5.32 Å². The number of hydrogen-bond acceptors (Lipinski definition) is 5. The molecule has 1 unspecified atom stereocenters. The van der Waals surface area contributed by atoms with Gasteiger partial charge >= 0.3 is 0 Å². The minimum atomic E-state index is -0.833. The number of nitrogens with one attached hydrogen (secondary N) is 1. The van der Waals surface area contributed by atoms with Gasteiger partial charge in [-0.25, -0.2) is 0 Å². The third-order valence-electron chi connectivity index (χ3n) is 7.21. The Hall–Kier alpha value is -2.30. The van der Waals surface area contributed by atoms with Crippen LogP contribution in [0.4, 0.5) is 0 Å². The van der Waals surface area contributed by atoms with Crippen molar-refractivity contribution in [1.29, 1.82) is 5.26 Å². The van der Waals surface area contributed by atoms with Gasteiger partial charge in [-0.05, 0) is 25.0 Å². The van der Waals surface area contributed by atoms with Gasteiger partial charge < -0.3 is 19.5 Å². The molecule has 2 aliphatic heterocycles. The Bertz CT molecular complexity index is 995. The van der Waals surface area contributed by atoms with Gasteiger partial charge in [0, 0.05) is 18.3 Å². The average Bonchev–Trinajstić information content (AvgIpc) is 3.07. The van der Waals surface area contributed by atoms with E-state index in [0.717, 1.165) is 11.1 Å². The van der Waals surface area contributed by atoms with Crippen molar-refractivity contribution in [2.24, 2.45) is 5.41 Å². The predicted octanol–water partition coefficient (Wildman–Crippen LogP) is 4.94. The molecule has 6 atom stereocenters. The molecule has 6 heteroatoms. The van der Waals surface area contributed by atoms with Crippen LogP contribution in [0.1, 0.15) is 44.7 Å². The quantitative estimate of drug-likeness (QED) is 0.586. The van der Waals surface area contributed by atoms with Gasteiger partial charge in [-0.3, -0.25) is 0 Å². The Balaban J connectivity index is 1.55. The molecule has 2 aromatic rings. The molecular formula is C27H32N2O3S. The molecule has 0 spiro atoms. The second kappa shape index (κ2) is 9.90. The summed E-state index contributed by atoms with van der Waals surface area (Å²) >= 11 is 5.50. The van der Waals surface area contributed by atoms with E-state index in [9.17, 15) is 5.26 Å². The zero-order chi connectivity index (χ0) is 23.5. The van der Waals surface area contributed by atoms with E-state index < -0.39 is 11.0 Å². The molecule has 0 amide bonds. The van der Waals surface area contributed by atoms with Crippen LogP contribution in [-0.4, -0.2) is 34.9 Å². The van der Waals surface area contributed by atoms with Gasteiger partial charge in [0.25, 0.3) is 0 Å².